The highest BCUT2D eigenvalue weighted by molar-refractivity contribution is 8.14. The number of hydrogen-bond acceptors (Lipinski definition) is 12. The average Bonchev–Trinajstić information content (AvgIpc) is 3.16. The molecule has 16 heteroatoms. The van der Waals surface area contributed by atoms with Crippen LogP contribution in [-0.2, 0) is 32.5 Å². The number of hydrogen-bond donors (Lipinski definition) is 2. The third-order valence-electron chi connectivity index (χ3n) is 5.58. The summed E-state index contributed by atoms with van der Waals surface area (Å²) in [6.07, 6.45) is -2.86. The molecule has 0 bridgehead atoms. The molecule has 1 fully saturated rings. The highest BCUT2D eigenvalue weighted by atomic mass is 32.2. The first-order valence-electron chi connectivity index (χ1n) is 12.6. The fourth-order valence-corrected chi connectivity index (χ4v) is 6.28. The SMILES string of the molecule is CC(C)(C)C(=O)SCCOP(=O)(OCCSC(=O)C(C)(C)C)OC[C@H]1O[C@@H](n2ccc(=O)[nH]c2=O)[C@H](O)[C@@H]1CF. The van der Waals surface area contributed by atoms with Gasteiger partial charge in [-0.2, -0.15) is 0 Å². The number of carbonyl (C=O) groups is 2. The number of aliphatic hydroxyl groups excluding tert-OH is 1. The van der Waals surface area contributed by atoms with Crippen LogP contribution in [0.25, 0.3) is 0 Å². The minimum Gasteiger partial charge on any atom is -0.388 e. The van der Waals surface area contributed by atoms with Gasteiger partial charge in [-0.05, 0) is 0 Å². The summed E-state index contributed by atoms with van der Waals surface area (Å²) in [6.45, 7) is 8.68. The minimum atomic E-state index is -4.29. The molecule has 0 unspecified atom stereocenters. The van der Waals surface area contributed by atoms with Crippen LogP contribution in [0.3, 0.4) is 0 Å². The van der Waals surface area contributed by atoms with E-state index in [1.165, 1.54) is 0 Å². The standard InChI is InChI=1S/C24H38FN2O10PS2/c1-23(2,3)20(30)39-11-9-34-38(33,35-10-12-40-21(31)24(4,5)6)36-14-16-15(13-25)18(29)19(37-16)27-8-7-17(28)26-22(27)32/h7-8,15-16,18-19,29H,9-14H2,1-6H3,(H,26,28,32)/t15-,16-,18-,19-/m1/s1. The first-order valence-corrected chi connectivity index (χ1v) is 16.0. The second-order valence-electron chi connectivity index (χ2n) is 11.1. The third kappa shape index (κ3) is 10.2. The van der Waals surface area contributed by atoms with E-state index >= 15 is 0 Å². The number of aromatic amines is 1. The summed E-state index contributed by atoms with van der Waals surface area (Å²) in [5.74, 6) is -0.836. The van der Waals surface area contributed by atoms with Gasteiger partial charge in [0.15, 0.2) is 16.5 Å². The van der Waals surface area contributed by atoms with E-state index in [1.54, 1.807) is 41.5 Å². The molecule has 4 atom stereocenters. The highest BCUT2D eigenvalue weighted by Gasteiger charge is 2.46. The number of aromatic nitrogens is 2. The van der Waals surface area contributed by atoms with E-state index < -0.39 is 67.5 Å². The van der Waals surface area contributed by atoms with Crippen LogP contribution in [0.4, 0.5) is 4.39 Å². The Morgan fingerprint density at radius 2 is 1.57 bits per heavy atom. The van der Waals surface area contributed by atoms with Crippen molar-refractivity contribution in [2.24, 2.45) is 16.7 Å². The number of nitrogens with zero attached hydrogens (tertiary/aromatic N) is 1. The number of aliphatic hydroxyl groups is 1. The molecule has 1 aromatic rings. The number of H-pyrrole nitrogens is 1. The molecule has 2 heterocycles. The van der Waals surface area contributed by atoms with Gasteiger partial charge < -0.3 is 9.84 Å². The highest BCUT2D eigenvalue weighted by Crippen LogP contribution is 2.50. The number of alkyl halides is 1. The van der Waals surface area contributed by atoms with Gasteiger partial charge in [0.25, 0.3) is 5.56 Å². The molecule has 0 radical (unpaired) electrons. The molecular formula is C24H38FN2O10PS2. The maximum absolute atomic E-state index is 13.9. The van der Waals surface area contributed by atoms with Gasteiger partial charge in [0.2, 0.25) is 0 Å². The van der Waals surface area contributed by atoms with Gasteiger partial charge in [-0.15, -0.1) is 0 Å². The fraction of sp³-hybridized carbons (Fsp3) is 0.750. The smallest absolute Gasteiger partial charge is 0.388 e. The molecule has 2 N–H and O–H groups in total. The second-order valence-corrected chi connectivity index (χ2v) is 14.9. The number of phosphoric ester groups is 1. The predicted molar refractivity (Wildman–Crippen MR) is 150 cm³/mol. The molecule has 228 valence electrons. The Hall–Kier alpha value is -1.32. The van der Waals surface area contributed by atoms with Crippen molar-refractivity contribution in [3.8, 4) is 0 Å². The Morgan fingerprint density at radius 3 is 2.02 bits per heavy atom. The van der Waals surface area contributed by atoms with Gasteiger partial charge in [-0.25, -0.2) is 9.36 Å². The Morgan fingerprint density at radius 1 is 1.05 bits per heavy atom. The molecule has 1 aromatic heterocycles. The summed E-state index contributed by atoms with van der Waals surface area (Å²) >= 11 is 1.99. The number of thioether (sulfide) groups is 2. The van der Waals surface area contributed by atoms with Gasteiger partial charge in [0, 0.05) is 40.5 Å². The van der Waals surface area contributed by atoms with E-state index in [4.69, 9.17) is 18.3 Å². The number of nitrogens with one attached hydrogen (secondary N) is 1. The van der Waals surface area contributed by atoms with Crippen LogP contribution in [0.2, 0.25) is 0 Å². The lowest BCUT2D eigenvalue weighted by molar-refractivity contribution is -0.118. The molecule has 1 aliphatic heterocycles. The van der Waals surface area contributed by atoms with Gasteiger partial charge in [-0.1, -0.05) is 65.1 Å². The lowest BCUT2D eigenvalue weighted by Crippen LogP contribution is -2.36. The molecule has 0 aliphatic carbocycles. The van der Waals surface area contributed by atoms with Crippen molar-refractivity contribution in [1.82, 2.24) is 9.55 Å². The maximum Gasteiger partial charge on any atom is 0.474 e. The van der Waals surface area contributed by atoms with E-state index in [0.717, 1.165) is 40.4 Å². The van der Waals surface area contributed by atoms with Crippen molar-refractivity contribution in [2.45, 2.75) is 60.0 Å². The Bertz CT molecular complexity index is 1140. The quantitative estimate of drug-likeness (QED) is 0.243. The Kier molecular flexibility index (Phi) is 12.8. The predicted octanol–water partition coefficient (Wildman–Crippen LogP) is 3.15. The summed E-state index contributed by atoms with van der Waals surface area (Å²) in [4.78, 5) is 49.9. The van der Waals surface area contributed by atoms with Gasteiger partial charge in [0.05, 0.1) is 32.6 Å². The van der Waals surface area contributed by atoms with Crippen LogP contribution in [0.1, 0.15) is 47.8 Å². The fourth-order valence-electron chi connectivity index (χ4n) is 3.28. The molecular weight excluding hydrogens is 590 g/mol. The van der Waals surface area contributed by atoms with Crippen LogP contribution in [0.5, 0.6) is 0 Å². The topological polar surface area (TPSA) is 163 Å². The van der Waals surface area contributed by atoms with Gasteiger partial charge in [-0.3, -0.25) is 41.9 Å². The lowest BCUT2D eigenvalue weighted by Gasteiger charge is -2.22. The summed E-state index contributed by atoms with van der Waals surface area (Å²) in [5, 5.41) is 10.4. The second kappa shape index (κ2) is 14.7. The number of halogens is 1. The summed E-state index contributed by atoms with van der Waals surface area (Å²) in [7, 11) is -4.29. The molecule has 0 spiro atoms. The normalized spacial score (nSPS) is 22.0. The van der Waals surface area contributed by atoms with Crippen LogP contribution in [-0.4, -0.2) is 75.1 Å². The molecule has 12 nitrogen and oxygen atoms in total. The number of ether oxygens (including phenoxy) is 1. The summed E-state index contributed by atoms with van der Waals surface area (Å²) in [6, 6.07) is 1.05. The number of carbonyl (C=O) groups excluding carboxylic acids is 2. The van der Waals surface area contributed by atoms with Crippen molar-refractivity contribution < 1.29 is 42.0 Å². The van der Waals surface area contributed by atoms with Crippen LogP contribution < -0.4 is 11.2 Å². The number of rotatable bonds is 13. The molecule has 0 saturated carbocycles. The third-order valence-corrected chi connectivity index (χ3v) is 9.53. The average molecular weight is 629 g/mol. The van der Waals surface area contributed by atoms with Gasteiger partial charge >= 0.3 is 13.5 Å². The zero-order chi connectivity index (χ0) is 30.3. The van der Waals surface area contributed by atoms with Crippen LogP contribution in [0, 0.1) is 16.7 Å². The first kappa shape index (κ1) is 34.9. The minimum absolute atomic E-state index is 0.0902. The monoisotopic (exact) mass is 628 g/mol. The molecule has 1 aliphatic rings. The van der Waals surface area contributed by atoms with E-state index in [9.17, 15) is 33.2 Å². The molecule has 2 rings (SSSR count). The van der Waals surface area contributed by atoms with E-state index in [0.29, 0.717) is 0 Å². The van der Waals surface area contributed by atoms with E-state index in [2.05, 4.69) is 0 Å². The van der Waals surface area contributed by atoms with Crippen molar-refractivity contribution >= 4 is 41.6 Å². The largest absolute Gasteiger partial charge is 0.474 e. The van der Waals surface area contributed by atoms with E-state index in [1.807, 2.05) is 4.98 Å². The maximum atomic E-state index is 13.9. The zero-order valence-electron chi connectivity index (χ0n) is 23.4. The molecule has 40 heavy (non-hydrogen) atoms. The summed E-state index contributed by atoms with van der Waals surface area (Å²) in [5.41, 5.74) is -2.68. The zero-order valence-corrected chi connectivity index (χ0v) is 25.9. The lowest BCUT2D eigenvalue weighted by atomic mass is 9.99. The Balaban J connectivity index is 2.08. The summed E-state index contributed by atoms with van der Waals surface area (Å²) < 4.78 is 50.1. The van der Waals surface area contributed by atoms with Crippen molar-refractivity contribution in [3.63, 3.8) is 0 Å². The van der Waals surface area contributed by atoms with Crippen molar-refractivity contribution in [1.29, 1.82) is 0 Å². The van der Waals surface area contributed by atoms with E-state index in [-0.39, 0.29) is 35.0 Å². The van der Waals surface area contributed by atoms with Crippen LogP contribution >= 0.6 is 31.3 Å². The number of phosphoric acid groups is 1. The first-order chi connectivity index (χ1) is 18.5. The Labute approximate surface area is 240 Å². The molecule has 1 saturated heterocycles. The van der Waals surface area contributed by atoms with Gasteiger partial charge in [0.1, 0.15) is 6.10 Å². The molecule has 0 aromatic carbocycles. The van der Waals surface area contributed by atoms with Crippen LogP contribution in [0.15, 0.2) is 21.9 Å². The van der Waals surface area contributed by atoms with Crippen molar-refractivity contribution in [2.75, 3.05) is 38.0 Å². The van der Waals surface area contributed by atoms with Crippen molar-refractivity contribution in [3.05, 3.63) is 33.1 Å². The molecule has 0 amide bonds.